The van der Waals surface area contributed by atoms with Crippen molar-refractivity contribution in [3.63, 3.8) is 0 Å². The highest BCUT2D eigenvalue weighted by molar-refractivity contribution is 7.99. The number of halogens is 1. The van der Waals surface area contributed by atoms with Crippen LogP contribution in [0, 0.1) is 0 Å². The number of rotatable bonds is 5. The number of carbonyl (C=O) groups excluding carboxylic acids is 2. The molecule has 26 heavy (non-hydrogen) atoms. The summed E-state index contributed by atoms with van der Waals surface area (Å²) >= 11 is 7.24. The number of hydrogen-bond acceptors (Lipinski definition) is 5. The van der Waals surface area contributed by atoms with E-state index in [1.807, 2.05) is 12.1 Å². The van der Waals surface area contributed by atoms with Crippen molar-refractivity contribution < 1.29 is 14.3 Å². The first-order valence-corrected chi connectivity index (χ1v) is 9.66. The Labute approximate surface area is 161 Å². The van der Waals surface area contributed by atoms with E-state index >= 15 is 0 Å². The molecular formula is C19H19ClN2O3S. The van der Waals surface area contributed by atoms with Gasteiger partial charge < -0.3 is 9.64 Å². The quantitative estimate of drug-likeness (QED) is 0.720. The number of amides is 1. The van der Waals surface area contributed by atoms with Gasteiger partial charge in [-0.25, -0.2) is 9.78 Å². The fourth-order valence-corrected chi connectivity index (χ4v) is 3.68. The molecule has 0 atom stereocenters. The van der Waals surface area contributed by atoms with Gasteiger partial charge in [0.25, 0.3) is 5.91 Å². The third-order valence-corrected chi connectivity index (χ3v) is 5.33. The zero-order valence-corrected chi connectivity index (χ0v) is 15.8. The maximum atomic E-state index is 12.4. The first-order valence-electron chi connectivity index (χ1n) is 8.47. The largest absolute Gasteiger partial charge is 0.452 e. The summed E-state index contributed by atoms with van der Waals surface area (Å²) in [6.07, 6.45) is 4.77. The predicted molar refractivity (Wildman–Crippen MR) is 101 cm³/mol. The van der Waals surface area contributed by atoms with Crippen LogP contribution >= 0.6 is 23.4 Å². The van der Waals surface area contributed by atoms with Gasteiger partial charge in [0.1, 0.15) is 5.03 Å². The van der Waals surface area contributed by atoms with Crippen molar-refractivity contribution in [2.45, 2.75) is 29.2 Å². The van der Waals surface area contributed by atoms with E-state index in [9.17, 15) is 9.59 Å². The molecule has 1 aromatic carbocycles. The molecule has 0 N–H and O–H groups in total. The van der Waals surface area contributed by atoms with E-state index in [2.05, 4.69) is 4.98 Å². The maximum absolute atomic E-state index is 12.4. The molecule has 136 valence electrons. The molecule has 0 saturated carbocycles. The molecule has 0 unspecified atom stereocenters. The van der Waals surface area contributed by atoms with Crippen LogP contribution in [-0.4, -0.2) is 41.5 Å². The van der Waals surface area contributed by atoms with E-state index in [0.29, 0.717) is 15.6 Å². The number of likely N-dealkylation sites (tertiary alicyclic amines) is 1. The Bertz CT molecular complexity index is 777. The lowest BCUT2D eigenvalue weighted by atomic mass is 10.1. The monoisotopic (exact) mass is 390 g/mol. The van der Waals surface area contributed by atoms with Crippen LogP contribution in [0.4, 0.5) is 0 Å². The number of carbonyl (C=O) groups is 2. The topological polar surface area (TPSA) is 59.5 Å². The molecule has 7 heteroatoms. The molecule has 1 amide bonds. The summed E-state index contributed by atoms with van der Waals surface area (Å²) in [5.74, 6) is -0.686. The van der Waals surface area contributed by atoms with Crippen LogP contribution in [0.25, 0.3) is 0 Å². The van der Waals surface area contributed by atoms with Crippen LogP contribution in [0.15, 0.2) is 52.5 Å². The number of pyridine rings is 1. The van der Waals surface area contributed by atoms with Crippen LogP contribution in [0.1, 0.15) is 29.6 Å². The number of esters is 1. The Hall–Kier alpha value is -2.05. The fraction of sp³-hybridized carbons (Fsp3) is 0.316. The highest BCUT2D eigenvalue weighted by Crippen LogP contribution is 2.29. The molecule has 0 bridgehead atoms. The standard InChI is InChI=1S/C19H19ClN2O3S/c20-14-6-8-15(9-7-14)26-18-16(5-4-10-21-18)19(24)25-13-17(23)22-11-2-1-3-12-22/h4-10H,1-3,11-13H2. The molecule has 5 nitrogen and oxygen atoms in total. The summed E-state index contributed by atoms with van der Waals surface area (Å²) in [5.41, 5.74) is 0.346. The van der Waals surface area contributed by atoms with E-state index in [1.165, 1.54) is 11.8 Å². The van der Waals surface area contributed by atoms with E-state index in [-0.39, 0.29) is 12.5 Å². The second-order valence-electron chi connectivity index (χ2n) is 5.93. The average molecular weight is 391 g/mol. The summed E-state index contributed by atoms with van der Waals surface area (Å²) in [6, 6.07) is 10.6. The number of nitrogens with zero attached hydrogens (tertiary/aromatic N) is 2. The van der Waals surface area contributed by atoms with Crippen LogP contribution in [-0.2, 0) is 9.53 Å². The third kappa shape index (κ3) is 4.99. The molecule has 1 aliphatic heterocycles. The van der Waals surface area contributed by atoms with Crippen molar-refractivity contribution in [3.8, 4) is 0 Å². The minimum Gasteiger partial charge on any atom is -0.452 e. The molecule has 0 radical (unpaired) electrons. The Morgan fingerprint density at radius 3 is 2.58 bits per heavy atom. The van der Waals surface area contributed by atoms with Gasteiger partial charge in [-0.2, -0.15) is 0 Å². The first-order chi connectivity index (χ1) is 12.6. The van der Waals surface area contributed by atoms with E-state index in [0.717, 1.165) is 37.2 Å². The average Bonchev–Trinajstić information content (AvgIpc) is 2.68. The lowest BCUT2D eigenvalue weighted by Gasteiger charge is -2.26. The van der Waals surface area contributed by atoms with Gasteiger partial charge in [-0.3, -0.25) is 4.79 Å². The third-order valence-electron chi connectivity index (χ3n) is 4.05. The van der Waals surface area contributed by atoms with Crippen molar-refractivity contribution in [2.24, 2.45) is 0 Å². The van der Waals surface area contributed by atoms with Gasteiger partial charge in [-0.05, 0) is 55.7 Å². The van der Waals surface area contributed by atoms with Crippen molar-refractivity contribution in [3.05, 3.63) is 53.2 Å². The van der Waals surface area contributed by atoms with E-state index in [4.69, 9.17) is 16.3 Å². The van der Waals surface area contributed by atoms with Crippen molar-refractivity contribution in [2.75, 3.05) is 19.7 Å². The minimum absolute atomic E-state index is 0.145. The van der Waals surface area contributed by atoms with Gasteiger partial charge in [0.15, 0.2) is 6.61 Å². The minimum atomic E-state index is -0.542. The van der Waals surface area contributed by atoms with Crippen LogP contribution < -0.4 is 0 Å². The van der Waals surface area contributed by atoms with Gasteiger partial charge in [-0.1, -0.05) is 23.4 Å². The number of ether oxygens (including phenoxy) is 1. The van der Waals surface area contributed by atoms with Gasteiger partial charge in [-0.15, -0.1) is 0 Å². The smallest absolute Gasteiger partial charge is 0.341 e. The summed E-state index contributed by atoms with van der Waals surface area (Å²) in [4.78, 5) is 31.5. The molecule has 1 aliphatic rings. The highest BCUT2D eigenvalue weighted by atomic mass is 35.5. The molecule has 1 aromatic heterocycles. The normalized spacial score (nSPS) is 14.1. The van der Waals surface area contributed by atoms with Crippen molar-refractivity contribution >= 4 is 35.2 Å². The maximum Gasteiger partial charge on any atom is 0.341 e. The zero-order chi connectivity index (χ0) is 18.4. The first kappa shape index (κ1) is 18.7. The summed E-state index contributed by atoms with van der Waals surface area (Å²) < 4.78 is 5.24. The number of benzene rings is 1. The lowest BCUT2D eigenvalue weighted by Crippen LogP contribution is -2.38. The predicted octanol–water partition coefficient (Wildman–Crippen LogP) is 4.06. The fourth-order valence-electron chi connectivity index (χ4n) is 2.68. The Morgan fingerprint density at radius 2 is 1.85 bits per heavy atom. The van der Waals surface area contributed by atoms with Gasteiger partial charge in [0.05, 0.1) is 5.56 Å². The summed E-state index contributed by atoms with van der Waals surface area (Å²) in [6.45, 7) is 1.24. The van der Waals surface area contributed by atoms with Crippen LogP contribution in [0.2, 0.25) is 5.02 Å². The number of hydrogen-bond donors (Lipinski definition) is 0. The second kappa shape index (κ2) is 9.05. The molecule has 1 fully saturated rings. The molecule has 3 rings (SSSR count). The Balaban J connectivity index is 1.63. The molecule has 2 heterocycles. The molecule has 1 saturated heterocycles. The van der Waals surface area contributed by atoms with Crippen LogP contribution in [0.3, 0.4) is 0 Å². The summed E-state index contributed by atoms with van der Waals surface area (Å²) in [5, 5.41) is 1.18. The Kier molecular flexibility index (Phi) is 6.52. The summed E-state index contributed by atoms with van der Waals surface area (Å²) in [7, 11) is 0. The van der Waals surface area contributed by atoms with Crippen molar-refractivity contribution in [1.29, 1.82) is 0 Å². The molecule has 2 aromatic rings. The van der Waals surface area contributed by atoms with Crippen LogP contribution in [0.5, 0.6) is 0 Å². The van der Waals surface area contributed by atoms with Gasteiger partial charge >= 0.3 is 5.97 Å². The van der Waals surface area contributed by atoms with Gasteiger partial charge in [0, 0.05) is 29.2 Å². The highest BCUT2D eigenvalue weighted by Gasteiger charge is 2.20. The second-order valence-corrected chi connectivity index (χ2v) is 7.43. The number of aromatic nitrogens is 1. The van der Waals surface area contributed by atoms with E-state index in [1.54, 1.807) is 35.4 Å². The Morgan fingerprint density at radius 1 is 1.12 bits per heavy atom. The lowest BCUT2D eigenvalue weighted by molar-refractivity contribution is -0.135. The SMILES string of the molecule is O=C(OCC(=O)N1CCCCC1)c1cccnc1Sc1ccc(Cl)cc1. The molecule has 0 aliphatic carbocycles. The molecular weight excluding hydrogens is 372 g/mol. The number of piperidine rings is 1. The zero-order valence-electron chi connectivity index (χ0n) is 14.2. The molecule has 0 spiro atoms. The van der Waals surface area contributed by atoms with Gasteiger partial charge in [0.2, 0.25) is 0 Å². The van der Waals surface area contributed by atoms with E-state index < -0.39 is 5.97 Å². The van der Waals surface area contributed by atoms with Crippen molar-refractivity contribution in [1.82, 2.24) is 9.88 Å².